The van der Waals surface area contributed by atoms with Crippen LogP contribution < -0.4 is 11.1 Å². The fraction of sp³-hybridized carbons (Fsp3) is 0. The summed E-state index contributed by atoms with van der Waals surface area (Å²) in [6, 6.07) is 6.46. The van der Waals surface area contributed by atoms with Crippen molar-refractivity contribution in [1.29, 1.82) is 5.26 Å². The van der Waals surface area contributed by atoms with Crippen molar-refractivity contribution in [2.75, 3.05) is 0 Å². The van der Waals surface area contributed by atoms with E-state index in [4.69, 9.17) is 5.26 Å². The van der Waals surface area contributed by atoms with E-state index in [1.54, 1.807) is 6.07 Å². The van der Waals surface area contributed by atoms with E-state index in [-0.39, 0.29) is 17.2 Å². The highest BCUT2D eigenvalue weighted by atomic mass is 31.0. The molecule has 11 nitrogen and oxygen atoms in total. The highest BCUT2D eigenvalue weighted by molar-refractivity contribution is 7.27. The molecule has 0 bridgehead atoms. The zero-order valence-electron chi connectivity index (χ0n) is 11.0. The Morgan fingerprint density at radius 3 is 2.83 bits per heavy atom. The maximum absolute atomic E-state index is 11.9. The fourth-order valence-corrected chi connectivity index (χ4v) is 2.10. The summed E-state index contributed by atoms with van der Waals surface area (Å²) in [7, 11) is 2.38. The predicted octanol–water partition coefficient (Wildman–Crippen LogP) is 0.156. The van der Waals surface area contributed by atoms with Crippen molar-refractivity contribution in [2.45, 2.75) is 0 Å². The van der Waals surface area contributed by atoms with Crippen LogP contribution >= 0.6 is 9.24 Å². The maximum atomic E-state index is 11.9. The number of benzene rings is 1. The van der Waals surface area contributed by atoms with E-state index in [0.717, 1.165) is 4.57 Å². The fourth-order valence-electron chi connectivity index (χ4n) is 1.85. The van der Waals surface area contributed by atoms with Crippen LogP contribution in [-0.2, 0) is 0 Å². The monoisotopic (exact) mass is 332 g/mol. The van der Waals surface area contributed by atoms with Crippen molar-refractivity contribution in [2.24, 2.45) is 0 Å². The zero-order chi connectivity index (χ0) is 16.6. The highest BCUT2D eigenvalue weighted by Gasteiger charge is 2.30. The largest absolute Gasteiger partial charge is 0.446 e. The van der Waals surface area contributed by atoms with Crippen LogP contribution in [0.3, 0.4) is 0 Å². The lowest BCUT2D eigenvalue weighted by Gasteiger charge is -2.04. The van der Waals surface area contributed by atoms with E-state index >= 15 is 0 Å². The molecule has 3 rings (SSSR count). The molecule has 1 aromatic carbocycles. The molecular formula is C11H5N6O5P. The summed E-state index contributed by atoms with van der Waals surface area (Å²) in [6.07, 6.45) is 0. The van der Waals surface area contributed by atoms with E-state index in [2.05, 4.69) is 33.9 Å². The average molecular weight is 332 g/mol. The van der Waals surface area contributed by atoms with Gasteiger partial charge in [0.1, 0.15) is 0 Å². The quantitative estimate of drug-likeness (QED) is 0.370. The smallest absolute Gasteiger partial charge is 0.358 e. The molecular weight excluding hydrogens is 327 g/mol. The van der Waals surface area contributed by atoms with Crippen molar-refractivity contribution in [1.82, 2.24) is 20.0 Å². The molecule has 23 heavy (non-hydrogen) atoms. The lowest BCUT2D eigenvalue weighted by atomic mass is 10.2. The van der Waals surface area contributed by atoms with Crippen molar-refractivity contribution in [3.8, 4) is 23.3 Å². The molecule has 0 amide bonds. The van der Waals surface area contributed by atoms with Crippen LogP contribution in [0, 0.1) is 21.4 Å². The van der Waals surface area contributed by atoms with E-state index in [0.29, 0.717) is 10.9 Å². The van der Waals surface area contributed by atoms with Crippen molar-refractivity contribution >= 4 is 20.4 Å². The van der Waals surface area contributed by atoms with Gasteiger partial charge in [-0.15, -0.1) is 13.9 Å². The third-order valence-corrected chi connectivity index (χ3v) is 3.38. The van der Waals surface area contributed by atoms with Gasteiger partial charge in [0.05, 0.1) is 17.3 Å². The second kappa shape index (κ2) is 5.43. The first kappa shape index (κ1) is 14.6. The summed E-state index contributed by atoms with van der Waals surface area (Å²) in [5, 5.41) is 30.6. The molecule has 0 saturated carbocycles. The predicted molar refractivity (Wildman–Crippen MR) is 76.1 cm³/mol. The van der Waals surface area contributed by atoms with Crippen LogP contribution in [-0.4, -0.2) is 25.0 Å². The summed E-state index contributed by atoms with van der Waals surface area (Å²) in [4.78, 5) is 22.0. The standard InChI is InChI=1S/C11H5N6O5P/c12-4-5-3-6(1-2-7(5)23)16-9(14-21-11(16)18)8-10(17(19)20)15-22-13-8/h1-3H,23H2. The number of nitrogens with zero attached hydrogens (tertiary/aromatic N) is 6. The summed E-state index contributed by atoms with van der Waals surface area (Å²) >= 11 is 0. The first-order valence-electron chi connectivity index (χ1n) is 5.89. The summed E-state index contributed by atoms with van der Waals surface area (Å²) in [5.74, 6) is -1.88. The molecule has 0 spiro atoms. The Balaban J connectivity index is 2.25. The molecule has 2 heterocycles. The van der Waals surface area contributed by atoms with E-state index in [1.165, 1.54) is 12.1 Å². The number of nitro groups is 1. The molecule has 0 radical (unpaired) electrons. The van der Waals surface area contributed by atoms with Crippen molar-refractivity contribution in [3.63, 3.8) is 0 Å². The van der Waals surface area contributed by atoms with Gasteiger partial charge >= 0.3 is 11.6 Å². The molecule has 0 aliphatic rings. The number of nitriles is 1. The van der Waals surface area contributed by atoms with Gasteiger partial charge < -0.3 is 10.1 Å². The van der Waals surface area contributed by atoms with Gasteiger partial charge in [-0.3, -0.25) is 4.52 Å². The third kappa shape index (κ3) is 2.37. The summed E-state index contributed by atoms with van der Waals surface area (Å²) in [5.41, 5.74) is 0.153. The summed E-state index contributed by atoms with van der Waals surface area (Å²) < 4.78 is 9.81. The van der Waals surface area contributed by atoms with Crippen LogP contribution in [0.25, 0.3) is 17.2 Å². The Labute approximate surface area is 128 Å². The minimum atomic E-state index is -0.905. The molecule has 0 saturated heterocycles. The second-order valence-corrected chi connectivity index (χ2v) is 4.81. The highest BCUT2D eigenvalue weighted by Crippen LogP contribution is 2.25. The van der Waals surface area contributed by atoms with Gasteiger partial charge in [0.2, 0.25) is 5.82 Å². The van der Waals surface area contributed by atoms with Gasteiger partial charge in [0.15, 0.2) is 5.16 Å². The third-order valence-electron chi connectivity index (χ3n) is 2.88. The van der Waals surface area contributed by atoms with Gasteiger partial charge in [-0.2, -0.15) is 5.26 Å². The molecule has 114 valence electrons. The van der Waals surface area contributed by atoms with Gasteiger partial charge in [-0.25, -0.2) is 9.36 Å². The SMILES string of the molecule is N#Cc1cc(-n2c(-c3nonc3[N+](=O)[O-])noc2=O)ccc1P. The van der Waals surface area contributed by atoms with Crippen LogP contribution in [0.15, 0.2) is 32.1 Å². The Kier molecular flexibility index (Phi) is 3.44. The number of hydrogen-bond acceptors (Lipinski definition) is 9. The first-order valence-corrected chi connectivity index (χ1v) is 6.46. The Morgan fingerprint density at radius 1 is 1.35 bits per heavy atom. The van der Waals surface area contributed by atoms with Gasteiger partial charge in [0, 0.05) is 0 Å². The Bertz CT molecular complexity index is 1010. The summed E-state index contributed by atoms with van der Waals surface area (Å²) in [6.45, 7) is 0. The molecule has 2 aromatic heterocycles. The Morgan fingerprint density at radius 2 is 2.13 bits per heavy atom. The normalized spacial score (nSPS) is 10.4. The van der Waals surface area contributed by atoms with Crippen LogP contribution in [0.1, 0.15) is 5.56 Å². The molecule has 1 atom stereocenters. The average Bonchev–Trinajstić information content (AvgIpc) is 3.14. The van der Waals surface area contributed by atoms with Gasteiger partial charge in [-0.05, 0) is 27.5 Å². The molecule has 3 aromatic rings. The lowest BCUT2D eigenvalue weighted by molar-refractivity contribution is -0.390. The molecule has 0 aliphatic carbocycles. The van der Waals surface area contributed by atoms with E-state index in [9.17, 15) is 14.9 Å². The molecule has 0 fully saturated rings. The van der Waals surface area contributed by atoms with E-state index in [1.807, 2.05) is 6.07 Å². The van der Waals surface area contributed by atoms with Gasteiger partial charge in [0.25, 0.3) is 5.69 Å². The minimum Gasteiger partial charge on any atom is -0.358 e. The molecule has 0 N–H and O–H groups in total. The van der Waals surface area contributed by atoms with Crippen molar-refractivity contribution in [3.05, 3.63) is 44.4 Å². The van der Waals surface area contributed by atoms with E-state index < -0.39 is 16.5 Å². The molecule has 12 heteroatoms. The van der Waals surface area contributed by atoms with Crippen LogP contribution in [0.5, 0.6) is 0 Å². The van der Waals surface area contributed by atoms with Crippen LogP contribution in [0.4, 0.5) is 5.82 Å². The number of rotatable bonds is 3. The van der Waals surface area contributed by atoms with Crippen LogP contribution in [0.2, 0.25) is 0 Å². The minimum absolute atomic E-state index is 0.228. The molecule has 0 aliphatic heterocycles. The first-order chi connectivity index (χ1) is 11.0. The van der Waals surface area contributed by atoms with Gasteiger partial charge in [-0.1, -0.05) is 11.2 Å². The zero-order valence-corrected chi connectivity index (χ0v) is 12.2. The molecule has 1 unspecified atom stereocenters. The maximum Gasteiger partial charge on any atom is 0.446 e. The lowest BCUT2D eigenvalue weighted by Crippen LogP contribution is -2.15. The Hall–Kier alpha value is -3.38. The second-order valence-electron chi connectivity index (χ2n) is 4.18. The number of aromatic nitrogens is 4. The topological polar surface area (TPSA) is 154 Å². The number of hydrogen-bond donors (Lipinski definition) is 0. The van der Waals surface area contributed by atoms with Crippen molar-refractivity contribution < 1.29 is 14.1 Å².